The molecular formula is C49H30O3. The normalized spacial score (nSPS) is 13.3. The predicted octanol–water partition coefficient (Wildman–Crippen LogP) is 13.3. The van der Waals surface area contributed by atoms with E-state index >= 15 is 0 Å². The summed E-state index contributed by atoms with van der Waals surface area (Å²) >= 11 is 0. The molecular weight excluding hydrogens is 637 g/mol. The van der Waals surface area contributed by atoms with Gasteiger partial charge in [0.05, 0.1) is 5.41 Å². The van der Waals surface area contributed by atoms with Gasteiger partial charge in [0, 0.05) is 32.7 Å². The maximum absolute atomic E-state index is 6.74. The van der Waals surface area contributed by atoms with Gasteiger partial charge in [-0.1, -0.05) is 127 Å². The Morgan fingerprint density at radius 3 is 1.37 bits per heavy atom. The Hall–Kier alpha value is -6.84. The van der Waals surface area contributed by atoms with Crippen LogP contribution in [0.2, 0.25) is 0 Å². The van der Waals surface area contributed by atoms with Gasteiger partial charge in [0.1, 0.15) is 33.8 Å². The second-order valence-corrected chi connectivity index (χ2v) is 13.6. The molecule has 2 aromatic heterocycles. The number of para-hydroxylation sites is 2. The number of rotatable bonds is 4. The van der Waals surface area contributed by atoms with Crippen LogP contribution < -0.4 is 4.74 Å². The van der Waals surface area contributed by atoms with Gasteiger partial charge < -0.3 is 13.6 Å². The average molecular weight is 667 g/mol. The van der Waals surface area contributed by atoms with E-state index in [2.05, 4.69) is 158 Å². The molecule has 8 aromatic carbocycles. The third-order valence-electron chi connectivity index (χ3n) is 10.8. The second-order valence-electron chi connectivity index (χ2n) is 13.6. The zero-order chi connectivity index (χ0) is 34.2. The first-order valence-electron chi connectivity index (χ1n) is 17.7. The molecule has 0 N–H and O–H groups in total. The summed E-state index contributed by atoms with van der Waals surface area (Å²) < 4.78 is 19.5. The summed E-state index contributed by atoms with van der Waals surface area (Å²) in [6.45, 7) is 0. The van der Waals surface area contributed by atoms with Crippen LogP contribution in [0.25, 0.3) is 66.1 Å². The summed E-state index contributed by atoms with van der Waals surface area (Å²) in [4.78, 5) is 0. The Labute approximate surface area is 300 Å². The lowest BCUT2D eigenvalue weighted by molar-refractivity contribution is 0.435. The average Bonchev–Trinajstić information content (AvgIpc) is 3.77. The smallest absolute Gasteiger partial charge is 0.136 e. The predicted molar refractivity (Wildman–Crippen MR) is 210 cm³/mol. The summed E-state index contributed by atoms with van der Waals surface area (Å²) in [5, 5.41) is 4.44. The van der Waals surface area contributed by atoms with Crippen molar-refractivity contribution in [1.82, 2.24) is 0 Å². The van der Waals surface area contributed by atoms with Crippen molar-refractivity contribution < 1.29 is 13.6 Å². The second kappa shape index (κ2) is 11.1. The largest absolute Gasteiger partial charge is 0.457 e. The maximum Gasteiger partial charge on any atom is 0.136 e. The van der Waals surface area contributed by atoms with Crippen molar-refractivity contribution in [3.63, 3.8) is 0 Å². The van der Waals surface area contributed by atoms with Crippen molar-refractivity contribution in [2.24, 2.45) is 0 Å². The summed E-state index contributed by atoms with van der Waals surface area (Å²) in [5.41, 5.74) is 11.9. The van der Waals surface area contributed by atoms with E-state index in [1.807, 2.05) is 24.3 Å². The molecule has 1 aliphatic rings. The molecule has 52 heavy (non-hydrogen) atoms. The molecule has 0 radical (unpaired) electrons. The third kappa shape index (κ3) is 4.20. The highest BCUT2D eigenvalue weighted by Gasteiger charge is 2.45. The van der Waals surface area contributed by atoms with Gasteiger partial charge in [0.25, 0.3) is 0 Å². The highest BCUT2D eigenvalue weighted by molar-refractivity contribution is 6.08. The Bertz CT molecular complexity index is 2950. The van der Waals surface area contributed by atoms with Crippen LogP contribution in [-0.4, -0.2) is 0 Å². The lowest BCUT2D eigenvalue weighted by atomic mass is 9.63. The number of hydrogen-bond acceptors (Lipinski definition) is 3. The highest BCUT2D eigenvalue weighted by Crippen LogP contribution is 2.55. The molecule has 0 unspecified atom stereocenters. The fraction of sp³-hybridized carbons (Fsp3) is 0.0204. The van der Waals surface area contributed by atoms with Crippen LogP contribution in [0.4, 0.5) is 0 Å². The SMILES string of the molecule is c1ccc(C2(c3ccccc3)c3ccccc3Oc3cc(-c4ccc5c(c4)oc4cc(-c6ccc7c(c6)oc6ccccc67)ccc45)ccc32)cc1. The molecule has 3 nitrogen and oxygen atoms in total. The van der Waals surface area contributed by atoms with E-state index in [0.29, 0.717) is 0 Å². The molecule has 0 saturated carbocycles. The summed E-state index contributed by atoms with van der Waals surface area (Å²) in [6.07, 6.45) is 0. The van der Waals surface area contributed by atoms with E-state index in [0.717, 1.165) is 88.8 Å². The zero-order valence-corrected chi connectivity index (χ0v) is 28.0. The van der Waals surface area contributed by atoms with Crippen molar-refractivity contribution in [2.45, 2.75) is 5.41 Å². The van der Waals surface area contributed by atoms with Crippen LogP contribution in [0.3, 0.4) is 0 Å². The van der Waals surface area contributed by atoms with Gasteiger partial charge in [-0.3, -0.25) is 0 Å². The third-order valence-corrected chi connectivity index (χ3v) is 10.8. The Kier molecular flexibility index (Phi) is 6.17. The number of hydrogen-bond donors (Lipinski definition) is 0. The first-order valence-corrected chi connectivity index (χ1v) is 17.7. The fourth-order valence-electron chi connectivity index (χ4n) is 8.43. The van der Waals surface area contributed by atoms with Crippen LogP contribution in [0, 0.1) is 0 Å². The van der Waals surface area contributed by atoms with Crippen molar-refractivity contribution >= 4 is 43.9 Å². The van der Waals surface area contributed by atoms with Gasteiger partial charge in [-0.25, -0.2) is 0 Å². The molecule has 11 rings (SSSR count). The minimum absolute atomic E-state index is 0.541. The molecule has 1 aliphatic heterocycles. The Morgan fingerprint density at radius 2 is 0.750 bits per heavy atom. The van der Waals surface area contributed by atoms with Gasteiger partial charge in [-0.2, -0.15) is 0 Å². The molecule has 0 atom stereocenters. The van der Waals surface area contributed by atoms with E-state index in [4.69, 9.17) is 13.6 Å². The van der Waals surface area contributed by atoms with E-state index < -0.39 is 5.41 Å². The van der Waals surface area contributed by atoms with Crippen LogP contribution >= 0.6 is 0 Å². The molecule has 244 valence electrons. The first-order chi connectivity index (χ1) is 25.7. The minimum atomic E-state index is -0.541. The van der Waals surface area contributed by atoms with Crippen LogP contribution in [0.5, 0.6) is 11.5 Å². The van der Waals surface area contributed by atoms with Gasteiger partial charge in [-0.05, 0) is 88.0 Å². The highest BCUT2D eigenvalue weighted by atomic mass is 16.5. The molecule has 0 bridgehead atoms. The fourth-order valence-corrected chi connectivity index (χ4v) is 8.43. The summed E-state index contributed by atoms with van der Waals surface area (Å²) in [5.74, 6) is 1.71. The Morgan fingerprint density at radius 1 is 0.308 bits per heavy atom. The summed E-state index contributed by atoms with van der Waals surface area (Å²) in [7, 11) is 0. The lowest BCUT2D eigenvalue weighted by Crippen LogP contribution is -2.34. The van der Waals surface area contributed by atoms with E-state index in [1.165, 1.54) is 11.1 Å². The van der Waals surface area contributed by atoms with Crippen LogP contribution in [-0.2, 0) is 5.41 Å². The number of fused-ring (bicyclic) bond motifs is 8. The molecule has 10 aromatic rings. The monoisotopic (exact) mass is 666 g/mol. The van der Waals surface area contributed by atoms with Crippen molar-refractivity contribution in [2.75, 3.05) is 0 Å². The maximum atomic E-state index is 6.74. The molecule has 0 spiro atoms. The van der Waals surface area contributed by atoms with Crippen LogP contribution in [0.15, 0.2) is 191 Å². The van der Waals surface area contributed by atoms with Gasteiger partial charge in [0.2, 0.25) is 0 Å². The number of ether oxygens (including phenoxy) is 1. The van der Waals surface area contributed by atoms with Crippen molar-refractivity contribution in [3.05, 3.63) is 204 Å². The molecule has 0 amide bonds. The standard InChI is InChI=1S/C49H30O3/c1-3-11-35(12-4-1)49(36-13-5-2-6-14-36)41-16-8-10-18-44(41)51-48-30-34(22-26-42(48)49)33-21-25-40-39-24-20-32(28-46(39)52-47(40)29-33)31-19-23-38-37-15-7-9-17-43(37)50-45(38)27-31/h1-30H. The van der Waals surface area contributed by atoms with Gasteiger partial charge in [-0.15, -0.1) is 0 Å². The topological polar surface area (TPSA) is 35.5 Å². The van der Waals surface area contributed by atoms with Gasteiger partial charge in [0.15, 0.2) is 0 Å². The zero-order valence-electron chi connectivity index (χ0n) is 28.0. The first kappa shape index (κ1) is 28.9. The molecule has 3 heterocycles. The molecule has 0 fully saturated rings. The van der Waals surface area contributed by atoms with E-state index in [1.54, 1.807) is 0 Å². The van der Waals surface area contributed by atoms with Crippen molar-refractivity contribution in [3.8, 4) is 33.8 Å². The van der Waals surface area contributed by atoms with E-state index in [9.17, 15) is 0 Å². The van der Waals surface area contributed by atoms with Gasteiger partial charge >= 0.3 is 0 Å². The molecule has 0 saturated heterocycles. The van der Waals surface area contributed by atoms with Crippen LogP contribution in [0.1, 0.15) is 22.3 Å². The quantitative estimate of drug-likeness (QED) is 0.188. The van der Waals surface area contributed by atoms with E-state index in [-0.39, 0.29) is 0 Å². The number of furan rings is 2. The summed E-state index contributed by atoms with van der Waals surface area (Å²) in [6, 6.07) is 64.2. The lowest BCUT2D eigenvalue weighted by Gasteiger charge is -2.41. The van der Waals surface area contributed by atoms with Crippen molar-refractivity contribution in [1.29, 1.82) is 0 Å². The Balaban J connectivity index is 1.02. The number of benzene rings is 8. The molecule has 0 aliphatic carbocycles. The molecule has 3 heteroatoms. The minimum Gasteiger partial charge on any atom is -0.457 e.